The molecule has 0 heterocycles. The fourth-order valence-electron chi connectivity index (χ4n) is 1.15. The molecule has 1 N–H and O–H groups in total. The van der Waals surface area contributed by atoms with Crippen molar-refractivity contribution in [1.82, 2.24) is 4.90 Å². The molecule has 0 bridgehead atoms. The van der Waals surface area contributed by atoms with E-state index in [1.165, 1.54) is 5.56 Å². The Hall–Kier alpha value is -0.280. The van der Waals surface area contributed by atoms with Crippen molar-refractivity contribution in [3.63, 3.8) is 0 Å². The summed E-state index contributed by atoms with van der Waals surface area (Å²) in [4.78, 5) is 2.06. The Bertz CT molecular complexity index is 251. The first-order valence-corrected chi connectivity index (χ1v) is 4.64. The minimum atomic E-state index is 0. The van der Waals surface area contributed by atoms with Gasteiger partial charge in [0.25, 0.3) is 0 Å². The summed E-state index contributed by atoms with van der Waals surface area (Å²) in [5.74, 6) is 0. The van der Waals surface area contributed by atoms with Crippen molar-refractivity contribution >= 4 is 24.0 Å². The van der Waals surface area contributed by atoms with Crippen LogP contribution in [0.15, 0.2) is 24.3 Å². The van der Waals surface area contributed by atoms with Gasteiger partial charge in [0, 0.05) is 18.1 Å². The lowest BCUT2D eigenvalue weighted by molar-refractivity contribution is 0.217. The van der Waals surface area contributed by atoms with Crippen LogP contribution in [0.1, 0.15) is 5.56 Å². The summed E-state index contributed by atoms with van der Waals surface area (Å²) < 4.78 is 0. The summed E-state index contributed by atoms with van der Waals surface area (Å²) in [7, 11) is 1.98. The molecule has 2 nitrogen and oxygen atoms in total. The highest BCUT2D eigenvalue weighted by Crippen LogP contribution is 2.10. The number of aliphatic hydroxyl groups excluding tert-OH is 1. The van der Waals surface area contributed by atoms with Crippen molar-refractivity contribution in [2.24, 2.45) is 0 Å². The Kier molecular flexibility index (Phi) is 6.93. The molecule has 0 aliphatic carbocycles. The number of likely N-dealkylation sites (N-methyl/N-ethyl adjacent to an activating group) is 1. The molecule has 0 saturated heterocycles. The summed E-state index contributed by atoms with van der Waals surface area (Å²) in [5, 5.41) is 9.45. The predicted octanol–water partition coefficient (Wildman–Crippen LogP) is 2.19. The SMILES string of the molecule is CN(CCO)Cc1ccc(Cl)cc1.Cl. The van der Waals surface area contributed by atoms with Gasteiger partial charge < -0.3 is 5.11 Å². The molecule has 14 heavy (non-hydrogen) atoms. The molecule has 0 spiro atoms. The smallest absolute Gasteiger partial charge is 0.0558 e. The zero-order chi connectivity index (χ0) is 9.68. The summed E-state index contributed by atoms with van der Waals surface area (Å²) in [6.07, 6.45) is 0. The molecule has 1 aromatic rings. The van der Waals surface area contributed by atoms with Crippen LogP contribution in [0.2, 0.25) is 5.02 Å². The van der Waals surface area contributed by atoms with Crippen LogP contribution in [0.3, 0.4) is 0 Å². The quantitative estimate of drug-likeness (QED) is 0.866. The van der Waals surface area contributed by atoms with Gasteiger partial charge in [-0.3, -0.25) is 4.90 Å². The fourth-order valence-corrected chi connectivity index (χ4v) is 1.28. The lowest BCUT2D eigenvalue weighted by Gasteiger charge is -2.14. The van der Waals surface area contributed by atoms with Gasteiger partial charge in [-0.2, -0.15) is 0 Å². The highest BCUT2D eigenvalue weighted by Gasteiger charge is 1.98. The van der Waals surface area contributed by atoms with E-state index in [1.54, 1.807) is 0 Å². The summed E-state index contributed by atoms with van der Waals surface area (Å²) in [6, 6.07) is 7.75. The molecule has 0 aromatic heterocycles. The van der Waals surface area contributed by atoms with E-state index in [0.29, 0.717) is 6.54 Å². The molecule has 0 atom stereocenters. The van der Waals surface area contributed by atoms with E-state index in [-0.39, 0.29) is 19.0 Å². The zero-order valence-corrected chi connectivity index (χ0v) is 9.68. The molecule has 0 unspecified atom stereocenters. The van der Waals surface area contributed by atoms with Gasteiger partial charge >= 0.3 is 0 Å². The van der Waals surface area contributed by atoms with Gasteiger partial charge in [0.05, 0.1) is 6.61 Å². The van der Waals surface area contributed by atoms with E-state index < -0.39 is 0 Å². The molecule has 1 aromatic carbocycles. The van der Waals surface area contributed by atoms with E-state index in [0.717, 1.165) is 11.6 Å². The number of rotatable bonds is 4. The Morgan fingerprint density at radius 2 is 1.86 bits per heavy atom. The number of benzene rings is 1. The van der Waals surface area contributed by atoms with E-state index >= 15 is 0 Å². The maximum Gasteiger partial charge on any atom is 0.0558 e. The first-order valence-electron chi connectivity index (χ1n) is 4.26. The van der Waals surface area contributed by atoms with Crippen LogP contribution in [0.5, 0.6) is 0 Å². The molecule has 80 valence electrons. The molecule has 0 saturated carbocycles. The van der Waals surface area contributed by atoms with E-state index in [9.17, 15) is 0 Å². The number of aliphatic hydroxyl groups is 1. The van der Waals surface area contributed by atoms with Crippen LogP contribution >= 0.6 is 24.0 Å². The van der Waals surface area contributed by atoms with Crippen LogP contribution < -0.4 is 0 Å². The summed E-state index contributed by atoms with van der Waals surface area (Å²) in [6.45, 7) is 1.74. The topological polar surface area (TPSA) is 23.5 Å². The second kappa shape index (κ2) is 7.07. The lowest BCUT2D eigenvalue weighted by atomic mass is 10.2. The second-order valence-electron chi connectivity index (χ2n) is 3.09. The highest BCUT2D eigenvalue weighted by molar-refractivity contribution is 6.30. The number of halogens is 2. The van der Waals surface area contributed by atoms with Crippen molar-refractivity contribution in [2.45, 2.75) is 6.54 Å². The third-order valence-corrected chi connectivity index (χ3v) is 2.10. The largest absolute Gasteiger partial charge is 0.395 e. The van der Waals surface area contributed by atoms with Crippen LogP contribution in [0.25, 0.3) is 0 Å². The van der Waals surface area contributed by atoms with E-state index in [1.807, 2.05) is 31.3 Å². The van der Waals surface area contributed by atoms with Crippen LogP contribution in [0.4, 0.5) is 0 Å². The van der Waals surface area contributed by atoms with Crippen LogP contribution in [0, 0.1) is 0 Å². The van der Waals surface area contributed by atoms with Crippen molar-refractivity contribution in [1.29, 1.82) is 0 Å². The third kappa shape index (κ3) is 4.82. The van der Waals surface area contributed by atoms with Gasteiger partial charge in [-0.1, -0.05) is 23.7 Å². The normalized spacial score (nSPS) is 10.0. The van der Waals surface area contributed by atoms with Gasteiger partial charge in [-0.25, -0.2) is 0 Å². The van der Waals surface area contributed by atoms with Gasteiger partial charge in [-0.15, -0.1) is 12.4 Å². The molecule has 1 rings (SSSR count). The van der Waals surface area contributed by atoms with E-state index in [2.05, 4.69) is 4.90 Å². The van der Waals surface area contributed by atoms with Crippen LogP contribution in [-0.2, 0) is 6.54 Å². The summed E-state index contributed by atoms with van der Waals surface area (Å²) >= 11 is 5.76. The van der Waals surface area contributed by atoms with Crippen molar-refractivity contribution in [2.75, 3.05) is 20.2 Å². The molecule has 0 radical (unpaired) electrons. The lowest BCUT2D eigenvalue weighted by Crippen LogP contribution is -2.21. The maximum absolute atomic E-state index is 8.70. The summed E-state index contributed by atoms with van der Waals surface area (Å²) in [5.41, 5.74) is 1.21. The van der Waals surface area contributed by atoms with Crippen molar-refractivity contribution < 1.29 is 5.11 Å². The molecule has 4 heteroatoms. The first-order chi connectivity index (χ1) is 6.22. The molecule has 0 fully saturated rings. The Balaban J connectivity index is 0.00000169. The fraction of sp³-hybridized carbons (Fsp3) is 0.400. The standard InChI is InChI=1S/C10H14ClNO.ClH/c1-12(6-7-13)8-9-2-4-10(11)5-3-9;/h2-5,13H,6-8H2,1H3;1H. The molecule has 0 aliphatic rings. The monoisotopic (exact) mass is 235 g/mol. The maximum atomic E-state index is 8.70. The second-order valence-corrected chi connectivity index (χ2v) is 3.52. The average molecular weight is 236 g/mol. The highest BCUT2D eigenvalue weighted by atomic mass is 35.5. The Morgan fingerprint density at radius 3 is 2.36 bits per heavy atom. The third-order valence-electron chi connectivity index (χ3n) is 1.85. The molecular weight excluding hydrogens is 221 g/mol. The van der Waals surface area contributed by atoms with E-state index in [4.69, 9.17) is 16.7 Å². The first kappa shape index (κ1) is 13.7. The number of hydrogen-bond donors (Lipinski definition) is 1. The minimum Gasteiger partial charge on any atom is -0.395 e. The predicted molar refractivity (Wildman–Crippen MR) is 62.1 cm³/mol. The molecule has 0 aliphatic heterocycles. The van der Waals surface area contributed by atoms with Gasteiger partial charge in [0.2, 0.25) is 0 Å². The number of nitrogens with zero attached hydrogens (tertiary/aromatic N) is 1. The van der Waals surface area contributed by atoms with Crippen molar-refractivity contribution in [3.05, 3.63) is 34.9 Å². The Labute approximate surface area is 95.9 Å². The number of hydrogen-bond acceptors (Lipinski definition) is 2. The minimum absolute atomic E-state index is 0. The van der Waals surface area contributed by atoms with Gasteiger partial charge in [-0.05, 0) is 24.7 Å². The van der Waals surface area contributed by atoms with Gasteiger partial charge in [0.1, 0.15) is 0 Å². The zero-order valence-electron chi connectivity index (χ0n) is 8.11. The van der Waals surface area contributed by atoms with Crippen LogP contribution in [-0.4, -0.2) is 30.2 Å². The Morgan fingerprint density at radius 1 is 1.29 bits per heavy atom. The molecule has 0 amide bonds. The van der Waals surface area contributed by atoms with Crippen molar-refractivity contribution in [3.8, 4) is 0 Å². The molecular formula is C10H15Cl2NO. The average Bonchev–Trinajstić information content (AvgIpc) is 2.09. The van der Waals surface area contributed by atoms with Gasteiger partial charge in [0.15, 0.2) is 0 Å².